The molecule has 0 saturated carbocycles. The summed E-state index contributed by atoms with van der Waals surface area (Å²) in [6.45, 7) is 5.89. The minimum absolute atomic E-state index is 0.0667. The molecule has 0 radical (unpaired) electrons. The lowest BCUT2D eigenvalue weighted by Gasteiger charge is -2.21. The zero-order chi connectivity index (χ0) is 21.5. The molecule has 5 heteroatoms. The second kappa shape index (κ2) is 10.3. The fourth-order valence-corrected chi connectivity index (χ4v) is 3.68. The lowest BCUT2D eigenvalue weighted by Crippen LogP contribution is -2.35. The number of hydrogen-bond donors (Lipinski definition) is 2. The second-order valence-corrected chi connectivity index (χ2v) is 7.97. The molecular formula is C25H32N2O3. The molecule has 1 aliphatic rings. The first-order valence-electron chi connectivity index (χ1n) is 11.0. The van der Waals surface area contributed by atoms with Gasteiger partial charge in [0.25, 0.3) is 11.8 Å². The van der Waals surface area contributed by atoms with Gasteiger partial charge in [0, 0.05) is 6.04 Å². The van der Waals surface area contributed by atoms with Gasteiger partial charge in [0.1, 0.15) is 5.75 Å². The van der Waals surface area contributed by atoms with Crippen LogP contribution in [0.25, 0.3) is 0 Å². The number of carbonyl (C=O) groups is 2. The fourth-order valence-electron chi connectivity index (χ4n) is 3.68. The zero-order valence-electron chi connectivity index (χ0n) is 18.2. The van der Waals surface area contributed by atoms with Gasteiger partial charge in [0.2, 0.25) is 0 Å². The molecule has 2 amide bonds. The Morgan fingerprint density at radius 1 is 1.00 bits per heavy atom. The minimum atomic E-state index is -0.627. The first kappa shape index (κ1) is 21.9. The number of nitrogens with one attached hydrogen (secondary N) is 2. The Morgan fingerprint density at radius 2 is 1.73 bits per heavy atom. The summed E-state index contributed by atoms with van der Waals surface area (Å²) in [6.07, 6.45) is 5.35. The van der Waals surface area contributed by atoms with Crippen molar-refractivity contribution in [3.63, 3.8) is 0 Å². The molecule has 3 rings (SSSR count). The molecule has 2 atom stereocenters. The molecule has 2 N–H and O–H groups in total. The van der Waals surface area contributed by atoms with E-state index < -0.39 is 6.10 Å². The van der Waals surface area contributed by atoms with Gasteiger partial charge in [-0.05, 0) is 80.8 Å². The third-order valence-corrected chi connectivity index (χ3v) is 5.68. The van der Waals surface area contributed by atoms with Gasteiger partial charge in [-0.2, -0.15) is 0 Å². The summed E-state index contributed by atoms with van der Waals surface area (Å²) in [7, 11) is 0. The van der Waals surface area contributed by atoms with Crippen molar-refractivity contribution in [1.82, 2.24) is 5.32 Å². The van der Waals surface area contributed by atoms with Crippen LogP contribution in [0.5, 0.6) is 5.75 Å². The van der Waals surface area contributed by atoms with E-state index in [0.717, 1.165) is 25.0 Å². The molecule has 0 bridgehead atoms. The predicted octanol–water partition coefficient (Wildman–Crippen LogP) is 4.89. The summed E-state index contributed by atoms with van der Waals surface area (Å²) < 4.78 is 6.03. The third-order valence-electron chi connectivity index (χ3n) is 5.68. The molecule has 30 heavy (non-hydrogen) atoms. The van der Waals surface area contributed by atoms with Crippen LogP contribution in [0.4, 0.5) is 5.69 Å². The molecule has 2 aromatic carbocycles. The zero-order valence-corrected chi connectivity index (χ0v) is 18.2. The maximum absolute atomic E-state index is 12.9. The van der Waals surface area contributed by atoms with Crippen molar-refractivity contribution in [3.05, 3.63) is 59.2 Å². The van der Waals surface area contributed by atoms with Crippen LogP contribution in [-0.2, 0) is 17.6 Å². The molecule has 160 valence electrons. The smallest absolute Gasteiger partial charge is 0.265 e. The lowest BCUT2D eigenvalue weighted by atomic mass is 9.92. The Morgan fingerprint density at radius 3 is 2.47 bits per heavy atom. The highest BCUT2D eigenvalue weighted by Gasteiger charge is 2.22. The van der Waals surface area contributed by atoms with Crippen molar-refractivity contribution in [3.8, 4) is 5.75 Å². The normalized spacial score (nSPS) is 14.9. The Kier molecular flexibility index (Phi) is 7.50. The van der Waals surface area contributed by atoms with E-state index in [2.05, 4.69) is 22.8 Å². The van der Waals surface area contributed by atoms with Gasteiger partial charge >= 0.3 is 0 Å². The maximum Gasteiger partial charge on any atom is 0.265 e. The average molecular weight is 409 g/mol. The molecular weight excluding hydrogens is 376 g/mol. The number of hydrogen-bond acceptors (Lipinski definition) is 3. The summed E-state index contributed by atoms with van der Waals surface area (Å²) in [6, 6.07) is 13.3. The number of para-hydroxylation sites is 1. The fraction of sp³-hybridized carbons (Fsp3) is 0.440. The Bertz CT molecular complexity index is 894. The highest BCUT2D eigenvalue weighted by molar-refractivity contribution is 6.04. The van der Waals surface area contributed by atoms with E-state index >= 15 is 0 Å². The molecule has 0 spiro atoms. The quantitative estimate of drug-likeness (QED) is 0.653. The van der Waals surface area contributed by atoms with Crippen LogP contribution in [-0.4, -0.2) is 24.0 Å². The number of carbonyl (C=O) groups excluding carboxylic acids is 2. The summed E-state index contributed by atoms with van der Waals surface area (Å²) in [5, 5.41) is 5.84. The molecule has 0 aromatic heterocycles. The maximum atomic E-state index is 12.9. The highest BCUT2D eigenvalue weighted by atomic mass is 16.5. The standard InChI is InChI=1S/C25H32N2O3/c1-4-17(3)26-24(28)21-12-8-9-13-22(21)27-25(29)23(5-2)30-20-15-14-18-10-6-7-11-19(18)16-20/h8-9,12-17,23H,4-7,10-11H2,1-3H3,(H,26,28)(H,27,29). The Balaban J connectivity index is 1.71. The van der Waals surface area contributed by atoms with Gasteiger partial charge in [0.05, 0.1) is 11.3 Å². The molecule has 0 heterocycles. The van der Waals surface area contributed by atoms with Gasteiger partial charge in [-0.25, -0.2) is 0 Å². The predicted molar refractivity (Wildman–Crippen MR) is 120 cm³/mol. The number of benzene rings is 2. The largest absolute Gasteiger partial charge is 0.481 e. The Hall–Kier alpha value is -2.82. The van der Waals surface area contributed by atoms with Crippen molar-refractivity contribution in [1.29, 1.82) is 0 Å². The average Bonchev–Trinajstić information content (AvgIpc) is 2.77. The molecule has 5 nitrogen and oxygen atoms in total. The molecule has 2 aromatic rings. The summed E-state index contributed by atoms with van der Waals surface area (Å²) in [5.74, 6) is 0.281. The van der Waals surface area contributed by atoms with Gasteiger partial charge in [-0.15, -0.1) is 0 Å². The monoisotopic (exact) mass is 408 g/mol. The van der Waals surface area contributed by atoms with Crippen LogP contribution in [0.3, 0.4) is 0 Å². The summed E-state index contributed by atoms with van der Waals surface area (Å²) >= 11 is 0. The topological polar surface area (TPSA) is 67.4 Å². The highest BCUT2D eigenvalue weighted by Crippen LogP contribution is 2.26. The van der Waals surface area contributed by atoms with E-state index in [1.165, 1.54) is 24.0 Å². The van der Waals surface area contributed by atoms with Crippen LogP contribution in [0.15, 0.2) is 42.5 Å². The first-order chi connectivity index (χ1) is 14.5. The van der Waals surface area contributed by atoms with Gasteiger partial charge < -0.3 is 15.4 Å². The van der Waals surface area contributed by atoms with Crippen molar-refractivity contribution >= 4 is 17.5 Å². The van der Waals surface area contributed by atoms with E-state index in [1.54, 1.807) is 24.3 Å². The van der Waals surface area contributed by atoms with Crippen LogP contribution in [0.2, 0.25) is 0 Å². The van der Waals surface area contributed by atoms with Gasteiger partial charge in [-0.3, -0.25) is 9.59 Å². The van der Waals surface area contributed by atoms with E-state index in [4.69, 9.17) is 4.74 Å². The van der Waals surface area contributed by atoms with Crippen LogP contribution < -0.4 is 15.4 Å². The molecule has 0 saturated heterocycles. The van der Waals surface area contributed by atoms with Gasteiger partial charge in [0.15, 0.2) is 6.10 Å². The van der Waals surface area contributed by atoms with Crippen LogP contribution in [0, 0.1) is 0 Å². The molecule has 1 aliphatic carbocycles. The van der Waals surface area contributed by atoms with E-state index in [1.807, 2.05) is 26.8 Å². The van der Waals surface area contributed by atoms with E-state index in [0.29, 0.717) is 17.7 Å². The minimum Gasteiger partial charge on any atom is -0.481 e. The lowest BCUT2D eigenvalue weighted by molar-refractivity contribution is -0.122. The second-order valence-electron chi connectivity index (χ2n) is 7.97. The summed E-state index contributed by atoms with van der Waals surface area (Å²) in [5.41, 5.74) is 3.65. The number of aryl methyl sites for hydroxylation is 2. The SMILES string of the molecule is CCC(C)NC(=O)c1ccccc1NC(=O)C(CC)Oc1ccc2c(c1)CCCC2. The van der Waals surface area contributed by atoms with Crippen molar-refractivity contribution in [2.45, 2.75) is 71.4 Å². The third kappa shape index (κ3) is 5.41. The van der Waals surface area contributed by atoms with Crippen molar-refractivity contribution in [2.75, 3.05) is 5.32 Å². The van der Waals surface area contributed by atoms with E-state index in [9.17, 15) is 9.59 Å². The van der Waals surface area contributed by atoms with E-state index in [-0.39, 0.29) is 17.9 Å². The number of fused-ring (bicyclic) bond motifs is 1. The number of amides is 2. The summed E-state index contributed by atoms with van der Waals surface area (Å²) in [4.78, 5) is 25.5. The number of ether oxygens (including phenoxy) is 1. The number of rotatable bonds is 8. The van der Waals surface area contributed by atoms with Gasteiger partial charge in [-0.1, -0.05) is 32.0 Å². The number of anilines is 1. The van der Waals surface area contributed by atoms with Crippen LogP contribution in [0.1, 0.15) is 67.9 Å². The first-order valence-corrected chi connectivity index (χ1v) is 11.0. The molecule has 2 unspecified atom stereocenters. The molecule has 0 aliphatic heterocycles. The molecule has 0 fully saturated rings. The Labute approximate surface area is 179 Å². The van der Waals surface area contributed by atoms with Crippen LogP contribution >= 0.6 is 0 Å². The van der Waals surface area contributed by atoms with Crippen molar-refractivity contribution < 1.29 is 14.3 Å². The van der Waals surface area contributed by atoms with Crippen molar-refractivity contribution in [2.24, 2.45) is 0 Å².